The van der Waals surface area contributed by atoms with Gasteiger partial charge >= 0.3 is 0 Å². The monoisotopic (exact) mass is 452 g/mol. The molecular formula is C15H11Cl3N2O2S3. The lowest BCUT2D eigenvalue weighted by Crippen LogP contribution is -2.23. The molecule has 0 fully saturated rings. The van der Waals surface area contributed by atoms with E-state index >= 15 is 0 Å². The average Bonchev–Trinajstić information content (AvgIpc) is 3.18. The van der Waals surface area contributed by atoms with Crippen molar-refractivity contribution in [1.82, 2.24) is 9.71 Å². The van der Waals surface area contributed by atoms with Crippen molar-refractivity contribution in [3.63, 3.8) is 0 Å². The molecule has 0 saturated heterocycles. The topological polar surface area (TPSA) is 59.1 Å². The second-order valence-electron chi connectivity index (χ2n) is 5.03. The zero-order valence-corrected chi connectivity index (χ0v) is 17.4. The molecule has 132 valence electrons. The molecule has 0 aliphatic carbocycles. The van der Waals surface area contributed by atoms with Crippen LogP contribution in [0.25, 0.3) is 9.88 Å². The SMILES string of the molecule is Cc1nc(-c2cccs2)sc1CNS(=O)(=O)c1cc(Cl)c(Cl)cc1Cl. The first kappa shape index (κ1) is 19.1. The molecule has 0 unspecified atom stereocenters. The van der Waals surface area contributed by atoms with Crippen LogP contribution in [0.15, 0.2) is 34.5 Å². The van der Waals surface area contributed by atoms with Crippen LogP contribution in [0, 0.1) is 6.92 Å². The summed E-state index contributed by atoms with van der Waals surface area (Å²) in [5.41, 5.74) is 0.788. The highest BCUT2D eigenvalue weighted by molar-refractivity contribution is 7.89. The number of sulfonamides is 1. The van der Waals surface area contributed by atoms with Crippen LogP contribution in [0.5, 0.6) is 0 Å². The minimum absolute atomic E-state index is 0.0159. The minimum atomic E-state index is -3.83. The van der Waals surface area contributed by atoms with Crippen LogP contribution in [-0.2, 0) is 16.6 Å². The Morgan fingerprint density at radius 3 is 2.56 bits per heavy atom. The maximum atomic E-state index is 12.5. The number of hydrogen-bond acceptors (Lipinski definition) is 5. The van der Waals surface area contributed by atoms with E-state index in [2.05, 4.69) is 9.71 Å². The van der Waals surface area contributed by atoms with Gasteiger partial charge in [0.15, 0.2) is 0 Å². The summed E-state index contributed by atoms with van der Waals surface area (Å²) in [6, 6.07) is 6.48. The van der Waals surface area contributed by atoms with Gasteiger partial charge in [-0.25, -0.2) is 18.1 Å². The number of rotatable bonds is 5. The third kappa shape index (κ3) is 4.19. The van der Waals surface area contributed by atoms with Crippen LogP contribution >= 0.6 is 57.5 Å². The van der Waals surface area contributed by atoms with Gasteiger partial charge in [-0.2, -0.15) is 0 Å². The Kier molecular flexibility index (Phi) is 5.75. The number of thiazole rings is 1. The normalized spacial score (nSPS) is 11.8. The van der Waals surface area contributed by atoms with Crippen molar-refractivity contribution in [2.75, 3.05) is 0 Å². The Hall–Kier alpha value is -0.670. The Bertz CT molecular complexity index is 1020. The highest BCUT2D eigenvalue weighted by Gasteiger charge is 2.21. The summed E-state index contributed by atoms with van der Waals surface area (Å²) in [4.78, 5) is 6.28. The van der Waals surface area contributed by atoms with Gasteiger partial charge in [0.25, 0.3) is 0 Å². The van der Waals surface area contributed by atoms with Crippen LogP contribution in [0.3, 0.4) is 0 Å². The number of thiophene rings is 1. The van der Waals surface area contributed by atoms with Gasteiger partial charge < -0.3 is 0 Å². The maximum absolute atomic E-state index is 12.5. The largest absolute Gasteiger partial charge is 0.242 e. The summed E-state index contributed by atoms with van der Waals surface area (Å²) in [5, 5.41) is 3.18. The van der Waals surface area contributed by atoms with Crippen molar-refractivity contribution >= 4 is 67.5 Å². The minimum Gasteiger partial charge on any atom is -0.240 e. The lowest BCUT2D eigenvalue weighted by molar-refractivity contribution is 0.581. The third-order valence-electron chi connectivity index (χ3n) is 3.31. The number of benzene rings is 1. The number of halogens is 3. The van der Waals surface area contributed by atoms with Gasteiger partial charge in [-0.15, -0.1) is 22.7 Å². The van der Waals surface area contributed by atoms with E-state index < -0.39 is 10.0 Å². The third-order valence-corrected chi connectivity index (χ3v) is 8.10. The molecule has 2 heterocycles. The molecule has 0 spiro atoms. The molecule has 10 heteroatoms. The molecule has 25 heavy (non-hydrogen) atoms. The molecule has 0 radical (unpaired) electrons. The number of nitrogens with one attached hydrogen (secondary N) is 1. The van der Waals surface area contributed by atoms with E-state index in [0.29, 0.717) is 0 Å². The molecule has 0 amide bonds. The van der Waals surface area contributed by atoms with E-state index in [1.54, 1.807) is 11.3 Å². The number of aryl methyl sites for hydroxylation is 1. The Morgan fingerprint density at radius 1 is 1.16 bits per heavy atom. The number of aromatic nitrogens is 1. The van der Waals surface area contributed by atoms with Gasteiger partial charge in [0.2, 0.25) is 10.0 Å². The summed E-state index contributed by atoms with van der Waals surface area (Å²) < 4.78 is 27.6. The zero-order valence-electron chi connectivity index (χ0n) is 12.7. The summed E-state index contributed by atoms with van der Waals surface area (Å²) in [6.45, 7) is 1.97. The first-order valence-electron chi connectivity index (χ1n) is 6.92. The number of nitrogens with zero attached hydrogens (tertiary/aromatic N) is 1. The standard InChI is InChI=1S/C15H11Cl3N2O2S3/c1-8-13(24-15(20-8)12-3-2-4-23-12)7-19-25(21,22)14-6-10(17)9(16)5-11(14)18/h2-6,19H,7H2,1H3. The molecule has 2 aromatic heterocycles. The summed E-state index contributed by atoms with van der Waals surface area (Å²) >= 11 is 20.8. The van der Waals surface area contributed by atoms with Crippen molar-refractivity contribution in [3.05, 3.63) is 55.3 Å². The maximum Gasteiger partial charge on any atom is 0.242 e. The van der Waals surface area contributed by atoms with Gasteiger partial charge in [0.1, 0.15) is 9.90 Å². The molecule has 3 aromatic rings. The van der Waals surface area contributed by atoms with E-state index in [1.165, 1.54) is 23.5 Å². The Balaban J connectivity index is 1.83. The highest BCUT2D eigenvalue weighted by atomic mass is 35.5. The highest BCUT2D eigenvalue weighted by Crippen LogP contribution is 2.33. The molecule has 1 N–H and O–H groups in total. The van der Waals surface area contributed by atoms with Crippen LogP contribution in [-0.4, -0.2) is 13.4 Å². The van der Waals surface area contributed by atoms with Crippen molar-refractivity contribution in [2.45, 2.75) is 18.4 Å². The first-order chi connectivity index (χ1) is 11.8. The molecular weight excluding hydrogens is 443 g/mol. The molecule has 0 atom stereocenters. The molecule has 0 aliphatic heterocycles. The van der Waals surface area contributed by atoms with Gasteiger partial charge in [0, 0.05) is 11.4 Å². The van der Waals surface area contributed by atoms with Crippen molar-refractivity contribution in [3.8, 4) is 9.88 Å². The Morgan fingerprint density at radius 2 is 1.88 bits per heavy atom. The van der Waals surface area contributed by atoms with Crippen LogP contribution in [0.1, 0.15) is 10.6 Å². The second-order valence-corrected chi connectivity index (χ2v) is 10.0. The molecule has 0 aliphatic rings. The van der Waals surface area contributed by atoms with Crippen molar-refractivity contribution in [1.29, 1.82) is 0 Å². The van der Waals surface area contributed by atoms with Crippen molar-refractivity contribution in [2.24, 2.45) is 0 Å². The van der Waals surface area contributed by atoms with Gasteiger partial charge in [-0.3, -0.25) is 0 Å². The molecule has 3 rings (SSSR count). The molecule has 0 bridgehead atoms. The van der Waals surface area contributed by atoms with E-state index in [-0.39, 0.29) is 26.5 Å². The summed E-state index contributed by atoms with van der Waals surface area (Å²) in [7, 11) is -3.83. The van der Waals surface area contributed by atoms with E-state index in [0.717, 1.165) is 20.5 Å². The van der Waals surface area contributed by atoms with E-state index in [9.17, 15) is 8.42 Å². The zero-order chi connectivity index (χ0) is 18.2. The second kappa shape index (κ2) is 7.52. The summed E-state index contributed by atoms with van der Waals surface area (Å²) in [6.07, 6.45) is 0. The fourth-order valence-electron chi connectivity index (χ4n) is 2.05. The van der Waals surface area contributed by atoms with Crippen molar-refractivity contribution < 1.29 is 8.42 Å². The van der Waals surface area contributed by atoms with Gasteiger partial charge in [0.05, 0.1) is 25.6 Å². The molecule has 1 aromatic carbocycles. The van der Waals surface area contributed by atoms with Crippen LogP contribution < -0.4 is 4.72 Å². The van der Waals surface area contributed by atoms with E-state index in [1.807, 2.05) is 24.4 Å². The number of hydrogen-bond donors (Lipinski definition) is 1. The predicted molar refractivity (Wildman–Crippen MR) is 106 cm³/mol. The quantitative estimate of drug-likeness (QED) is 0.510. The molecule has 4 nitrogen and oxygen atoms in total. The van der Waals surface area contributed by atoms with Gasteiger partial charge in [-0.1, -0.05) is 40.9 Å². The lowest BCUT2D eigenvalue weighted by Gasteiger charge is -2.09. The fraction of sp³-hybridized carbons (Fsp3) is 0.133. The first-order valence-corrected chi connectivity index (χ1v) is 11.2. The van der Waals surface area contributed by atoms with Gasteiger partial charge in [-0.05, 0) is 30.5 Å². The predicted octanol–water partition coefficient (Wildman–Crippen LogP) is 5.62. The van der Waals surface area contributed by atoms with Crippen LogP contribution in [0.4, 0.5) is 0 Å². The summed E-state index contributed by atoms with van der Waals surface area (Å²) in [5.74, 6) is 0. The Labute approximate surface area is 168 Å². The smallest absolute Gasteiger partial charge is 0.240 e. The molecule has 0 saturated carbocycles. The lowest BCUT2D eigenvalue weighted by atomic mass is 10.4. The average molecular weight is 454 g/mol. The van der Waals surface area contributed by atoms with E-state index in [4.69, 9.17) is 34.8 Å². The fourth-order valence-corrected chi connectivity index (χ4v) is 5.93. The van der Waals surface area contributed by atoms with Crippen LogP contribution in [0.2, 0.25) is 15.1 Å².